The third kappa shape index (κ3) is 6.82. The Balaban J connectivity index is 2.13. The van der Waals surface area contributed by atoms with Gasteiger partial charge in [-0.1, -0.05) is 39.0 Å². The summed E-state index contributed by atoms with van der Waals surface area (Å²) in [6, 6.07) is 2.94. The maximum atomic E-state index is 10.5. The summed E-state index contributed by atoms with van der Waals surface area (Å²) in [6.07, 6.45) is 11.6. The van der Waals surface area contributed by atoms with Crippen molar-refractivity contribution in [3.63, 3.8) is 0 Å². The van der Waals surface area contributed by atoms with Crippen LogP contribution in [0.15, 0.2) is 23.4 Å². The summed E-state index contributed by atoms with van der Waals surface area (Å²) in [4.78, 5) is 13.9. The number of aromatic nitrogens is 1. The number of pyridine rings is 1. The fourth-order valence-corrected chi connectivity index (χ4v) is 1.75. The second kappa shape index (κ2) is 9.89. The lowest BCUT2D eigenvalue weighted by Crippen LogP contribution is -1.94. The van der Waals surface area contributed by atoms with E-state index in [4.69, 9.17) is 0 Å². The largest absolute Gasteiger partial charge is 0.287 e. The molecule has 0 unspecified atom stereocenters. The second-order valence-corrected chi connectivity index (χ2v) is 4.64. The maximum absolute atomic E-state index is 10.5. The van der Waals surface area contributed by atoms with E-state index in [0.29, 0.717) is 5.82 Å². The van der Waals surface area contributed by atoms with Crippen molar-refractivity contribution in [2.45, 2.75) is 51.9 Å². The minimum Gasteiger partial charge on any atom is -0.262 e. The highest BCUT2D eigenvalue weighted by molar-refractivity contribution is 5.58. The molecule has 0 saturated heterocycles. The summed E-state index contributed by atoms with van der Waals surface area (Å²) < 4.78 is 0. The van der Waals surface area contributed by atoms with Gasteiger partial charge in [0.25, 0.3) is 5.69 Å². The predicted molar refractivity (Wildman–Crippen MR) is 81.0 cm³/mol. The van der Waals surface area contributed by atoms with E-state index in [-0.39, 0.29) is 5.69 Å². The Hall–Kier alpha value is -1.98. The van der Waals surface area contributed by atoms with Gasteiger partial charge in [-0.15, -0.1) is 0 Å². The highest BCUT2D eigenvalue weighted by atomic mass is 16.6. The summed E-state index contributed by atoms with van der Waals surface area (Å²) in [5.41, 5.74) is 2.74. The van der Waals surface area contributed by atoms with E-state index in [1.807, 2.05) is 6.21 Å². The highest BCUT2D eigenvalue weighted by Crippen LogP contribution is 2.11. The van der Waals surface area contributed by atoms with E-state index < -0.39 is 4.92 Å². The monoisotopic (exact) mass is 278 g/mol. The minimum absolute atomic E-state index is 0.0217. The van der Waals surface area contributed by atoms with Gasteiger partial charge in [-0.25, -0.2) is 4.98 Å². The molecule has 1 rings (SSSR count). The van der Waals surface area contributed by atoms with E-state index in [1.54, 1.807) is 6.07 Å². The fraction of sp³-hybridized carbons (Fsp3) is 0.571. The average Bonchev–Trinajstić information content (AvgIpc) is 2.46. The molecule has 0 aliphatic rings. The lowest BCUT2D eigenvalue weighted by molar-refractivity contribution is -0.385. The van der Waals surface area contributed by atoms with Crippen LogP contribution in [0.2, 0.25) is 0 Å². The predicted octanol–water partition coefficient (Wildman–Crippen LogP) is 4.14. The molecule has 1 aromatic rings. The molecule has 110 valence electrons. The molecule has 1 N–H and O–H groups in total. The van der Waals surface area contributed by atoms with Gasteiger partial charge in [-0.2, -0.15) is 5.10 Å². The van der Waals surface area contributed by atoms with Gasteiger partial charge in [0.05, 0.1) is 4.92 Å². The van der Waals surface area contributed by atoms with Crippen LogP contribution in [0.25, 0.3) is 0 Å². The number of anilines is 1. The summed E-state index contributed by atoms with van der Waals surface area (Å²) in [5, 5.41) is 14.5. The number of hydrogen-bond acceptors (Lipinski definition) is 5. The Morgan fingerprint density at radius 3 is 2.70 bits per heavy atom. The number of nitrogens with one attached hydrogen (secondary N) is 1. The first-order chi connectivity index (χ1) is 9.74. The standard InChI is InChI=1S/C14H22N4O2/c1-2-3-4-5-6-7-8-11-16-17-14-10-9-13(12-15-14)18(19)20/h9-12H,2-8H2,1H3,(H,15,17). The van der Waals surface area contributed by atoms with Crippen LogP contribution in [-0.2, 0) is 0 Å². The maximum Gasteiger partial charge on any atom is 0.287 e. The molecular weight excluding hydrogens is 256 g/mol. The number of nitro groups is 1. The van der Waals surface area contributed by atoms with Crippen molar-refractivity contribution in [1.29, 1.82) is 0 Å². The van der Waals surface area contributed by atoms with E-state index in [0.717, 1.165) is 12.8 Å². The molecule has 0 amide bonds. The molecule has 0 aromatic carbocycles. The quantitative estimate of drug-likeness (QED) is 0.302. The Kier molecular flexibility index (Phi) is 7.95. The van der Waals surface area contributed by atoms with Crippen LogP contribution >= 0.6 is 0 Å². The van der Waals surface area contributed by atoms with Gasteiger partial charge in [-0.05, 0) is 18.9 Å². The van der Waals surface area contributed by atoms with Crippen molar-refractivity contribution in [1.82, 2.24) is 4.98 Å². The lowest BCUT2D eigenvalue weighted by Gasteiger charge is -1.99. The third-order valence-electron chi connectivity index (χ3n) is 2.92. The molecule has 0 bridgehead atoms. The molecule has 6 nitrogen and oxygen atoms in total. The average molecular weight is 278 g/mol. The molecule has 1 aromatic heterocycles. The van der Waals surface area contributed by atoms with Crippen molar-refractivity contribution in [3.8, 4) is 0 Å². The molecule has 20 heavy (non-hydrogen) atoms. The summed E-state index contributed by atoms with van der Waals surface area (Å²) in [7, 11) is 0. The van der Waals surface area contributed by atoms with Crippen molar-refractivity contribution in [2.75, 3.05) is 5.43 Å². The lowest BCUT2D eigenvalue weighted by atomic mass is 10.1. The van der Waals surface area contributed by atoms with Gasteiger partial charge < -0.3 is 0 Å². The molecule has 0 radical (unpaired) electrons. The van der Waals surface area contributed by atoms with Crippen molar-refractivity contribution in [3.05, 3.63) is 28.4 Å². The number of rotatable bonds is 10. The molecule has 0 aliphatic heterocycles. The van der Waals surface area contributed by atoms with Crippen LogP contribution in [0.4, 0.5) is 11.5 Å². The normalized spacial score (nSPS) is 10.8. The molecule has 0 aliphatic carbocycles. The number of hydrogen-bond donors (Lipinski definition) is 1. The van der Waals surface area contributed by atoms with E-state index in [1.165, 1.54) is 44.4 Å². The first-order valence-electron chi connectivity index (χ1n) is 7.12. The van der Waals surface area contributed by atoms with Crippen molar-refractivity contribution in [2.24, 2.45) is 5.10 Å². The Morgan fingerprint density at radius 2 is 2.05 bits per heavy atom. The summed E-state index contributed by atoms with van der Waals surface area (Å²) >= 11 is 0. The van der Waals surface area contributed by atoms with Crippen LogP contribution in [0.5, 0.6) is 0 Å². The Morgan fingerprint density at radius 1 is 1.30 bits per heavy atom. The van der Waals surface area contributed by atoms with Gasteiger partial charge in [0.15, 0.2) is 0 Å². The molecule has 6 heteroatoms. The van der Waals surface area contributed by atoms with Gasteiger partial charge in [0.2, 0.25) is 0 Å². The number of nitrogens with zero attached hydrogens (tertiary/aromatic N) is 3. The molecular formula is C14H22N4O2. The first-order valence-corrected chi connectivity index (χ1v) is 7.12. The molecule has 0 spiro atoms. The highest BCUT2D eigenvalue weighted by Gasteiger charge is 2.03. The van der Waals surface area contributed by atoms with Crippen LogP contribution in [0.1, 0.15) is 51.9 Å². The Bertz CT molecular complexity index is 418. The van der Waals surface area contributed by atoms with Crippen molar-refractivity contribution >= 4 is 17.7 Å². The van der Waals surface area contributed by atoms with Gasteiger partial charge >= 0.3 is 0 Å². The topological polar surface area (TPSA) is 80.4 Å². The van der Waals surface area contributed by atoms with Crippen LogP contribution in [-0.4, -0.2) is 16.1 Å². The Labute approximate surface area is 119 Å². The van der Waals surface area contributed by atoms with Gasteiger partial charge in [0, 0.05) is 12.3 Å². The third-order valence-corrected chi connectivity index (χ3v) is 2.92. The first kappa shape index (κ1) is 16.1. The molecule has 0 atom stereocenters. The zero-order valence-corrected chi connectivity index (χ0v) is 11.9. The van der Waals surface area contributed by atoms with Crippen LogP contribution in [0.3, 0.4) is 0 Å². The second-order valence-electron chi connectivity index (χ2n) is 4.64. The van der Waals surface area contributed by atoms with E-state index in [2.05, 4.69) is 22.4 Å². The summed E-state index contributed by atoms with van der Waals surface area (Å²) in [5.74, 6) is 0.509. The smallest absolute Gasteiger partial charge is 0.262 e. The molecule has 0 fully saturated rings. The summed E-state index contributed by atoms with van der Waals surface area (Å²) in [6.45, 7) is 2.21. The molecule has 0 saturated carbocycles. The zero-order chi connectivity index (χ0) is 14.6. The van der Waals surface area contributed by atoms with Crippen LogP contribution < -0.4 is 5.43 Å². The van der Waals surface area contributed by atoms with Gasteiger partial charge in [0.1, 0.15) is 12.0 Å². The minimum atomic E-state index is -0.474. The van der Waals surface area contributed by atoms with E-state index in [9.17, 15) is 10.1 Å². The number of unbranched alkanes of at least 4 members (excludes halogenated alkanes) is 6. The SMILES string of the molecule is CCCCCCCCC=NNc1ccc([N+](=O)[O-])cn1. The number of hydrazone groups is 1. The van der Waals surface area contributed by atoms with E-state index >= 15 is 0 Å². The zero-order valence-electron chi connectivity index (χ0n) is 11.9. The molecule has 1 heterocycles. The van der Waals surface area contributed by atoms with Gasteiger partial charge in [-0.3, -0.25) is 15.5 Å². The van der Waals surface area contributed by atoms with Crippen LogP contribution in [0, 0.1) is 10.1 Å². The fourth-order valence-electron chi connectivity index (χ4n) is 1.75. The van der Waals surface area contributed by atoms with Crippen molar-refractivity contribution < 1.29 is 4.92 Å².